The number of halogens is 3. The number of likely N-dealkylation sites (N-methyl/N-ethyl adjacent to an activating group) is 1. The highest BCUT2D eigenvalue weighted by Crippen LogP contribution is 2.29. The van der Waals surface area contributed by atoms with Crippen LogP contribution in [-0.2, 0) is 17.5 Å². The number of aliphatic hydroxyl groups is 1. The van der Waals surface area contributed by atoms with Crippen molar-refractivity contribution in [3.05, 3.63) is 35.4 Å². The molecule has 2 amide bonds. The summed E-state index contributed by atoms with van der Waals surface area (Å²) in [4.78, 5) is 13.4. The maximum absolute atomic E-state index is 12.5. The molecule has 0 bridgehead atoms. The van der Waals surface area contributed by atoms with Crippen LogP contribution in [0.4, 0.5) is 18.0 Å². The molecule has 24 heavy (non-hydrogen) atoms. The van der Waals surface area contributed by atoms with E-state index in [2.05, 4.69) is 5.32 Å². The van der Waals surface area contributed by atoms with Gasteiger partial charge in [0.05, 0.1) is 17.7 Å². The van der Waals surface area contributed by atoms with Crippen molar-refractivity contribution in [1.82, 2.24) is 10.2 Å². The van der Waals surface area contributed by atoms with Crippen molar-refractivity contribution >= 4 is 6.03 Å². The molecule has 5 nitrogen and oxygen atoms in total. The van der Waals surface area contributed by atoms with Crippen molar-refractivity contribution in [2.45, 2.75) is 31.2 Å². The quantitative estimate of drug-likeness (QED) is 0.880. The number of nitrogens with one attached hydrogen (secondary N) is 1. The lowest BCUT2D eigenvalue weighted by Crippen LogP contribution is -2.49. The molecule has 8 heteroatoms. The first kappa shape index (κ1) is 18.5. The normalized spacial score (nSPS) is 17.4. The highest BCUT2D eigenvalue weighted by Gasteiger charge is 2.32. The Morgan fingerprint density at radius 2 is 1.88 bits per heavy atom. The largest absolute Gasteiger partial charge is 0.416 e. The van der Waals surface area contributed by atoms with Crippen molar-refractivity contribution in [1.29, 1.82) is 0 Å². The monoisotopic (exact) mass is 346 g/mol. The zero-order valence-electron chi connectivity index (χ0n) is 13.4. The van der Waals surface area contributed by atoms with Crippen LogP contribution in [0, 0.1) is 0 Å². The third kappa shape index (κ3) is 5.10. The summed E-state index contributed by atoms with van der Waals surface area (Å²) in [7, 11) is 1.56. The molecule has 134 valence electrons. The van der Waals surface area contributed by atoms with Crippen LogP contribution < -0.4 is 5.32 Å². The third-order valence-electron chi connectivity index (χ3n) is 4.03. The topological polar surface area (TPSA) is 61.8 Å². The van der Waals surface area contributed by atoms with E-state index >= 15 is 0 Å². The van der Waals surface area contributed by atoms with Gasteiger partial charge in [-0.15, -0.1) is 0 Å². The predicted octanol–water partition coefficient (Wildman–Crippen LogP) is 2.39. The Morgan fingerprint density at radius 3 is 2.42 bits per heavy atom. The van der Waals surface area contributed by atoms with E-state index in [4.69, 9.17) is 4.74 Å². The number of nitrogens with zero attached hydrogens (tertiary/aromatic N) is 1. The number of hydrogen-bond donors (Lipinski definition) is 2. The minimum absolute atomic E-state index is 0.114. The second kappa shape index (κ2) is 7.40. The molecule has 0 aromatic heterocycles. The van der Waals surface area contributed by atoms with E-state index in [1.54, 1.807) is 7.05 Å². The van der Waals surface area contributed by atoms with Crippen molar-refractivity contribution in [3.8, 4) is 0 Å². The summed E-state index contributed by atoms with van der Waals surface area (Å²) in [6.45, 7) is 1.20. The van der Waals surface area contributed by atoms with Gasteiger partial charge in [-0.1, -0.05) is 12.1 Å². The fraction of sp³-hybridized carbons (Fsp3) is 0.562. The fourth-order valence-corrected chi connectivity index (χ4v) is 2.55. The van der Waals surface area contributed by atoms with Crippen LogP contribution in [0.25, 0.3) is 0 Å². The molecule has 0 unspecified atom stereocenters. The molecule has 1 fully saturated rings. The Labute approximate surface area is 138 Å². The Balaban J connectivity index is 1.83. The molecule has 1 aromatic carbocycles. The Morgan fingerprint density at radius 1 is 1.29 bits per heavy atom. The van der Waals surface area contributed by atoms with Crippen LogP contribution in [0.5, 0.6) is 0 Å². The van der Waals surface area contributed by atoms with Crippen LogP contribution in [0.2, 0.25) is 0 Å². The molecular formula is C16H21F3N2O3. The molecule has 2 N–H and O–H groups in total. The Bertz CT molecular complexity index is 555. The third-order valence-corrected chi connectivity index (χ3v) is 4.03. The summed E-state index contributed by atoms with van der Waals surface area (Å²) in [5, 5.41) is 13.0. The van der Waals surface area contributed by atoms with Crippen LogP contribution in [-0.4, -0.2) is 48.4 Å². The molecule has 0 radical (unpaired) electrons. The summed E-state index contributed by atoms with van der Waals surface area (Å²) in [5.74, 6) is 0. The lowest BCUT2D eigenvalue weighted by molar-refractivity contribution is -0.137. The first-order valence-electron chi connectivity index (χ1n) is 7.65. The Hall–Kier alpha value is -1.80. The van der Waals surface area contributed by atoms with Gasteiger partial charge in [-0.2, -0.15) is 13.2 Å². The van der Waals surface area contributed by atoms with Gasteiger partial charge in [0.1, 0.15) is 0 Å². The maximum atomic E-state index is 12.5. The molecule has 1 saturated heterocycles. The first-order valence-corrected chi connectivity index (χ1v) is 7.65. The molecule has 1 aliphatic rings. The number of ether oxygens (including phenoxy) is 1. The van der Waals surface area contributed by atoms with E-state index in [-0.39, 0.29) is 13.1 Å². The van der Waals surface area contributed by atoms with Gasteiger partial charge in [-0.25, -0.2) is 4.79 Å². The smallest absolute Gasteiger partial charge is 0.388 e. The van der Waals surface area contributed by atoms with Crippen molar-refractivity contribution in [2.24, 2.45) is 0 Å². The van der Waals surface area contributed by atoms with Crippen molar-refractivity contribution in [2.75, 3.05) is 26.8 Å². The van der Waals surface area contributed by atoms with Crippen LogP contribution in [0.1, 0.15) is 24.0 Å². The van der Waals surface area contributed by atoms with E-state index in [0.717, 1.165) is 12.1 Å². The van der Waals surface area contributed by atoms with Gasteiger partial charge in [0.2, 0.25) is 0 Å². The lowest BCUT2D eigenvalue weighted by Gasteiger charge is -2.35. The van der Waals surface area contributed by atoms with Gasteiger partial charge in [0, 0.05) is 39.6 Å². The number of urea groups is 1. The molecule has 1 heterocycles. The van der Waals surface area contributed by atoms with Crippen LogP contribution in [0.3, 0.4) is 0 Å². The van der Waals surface area contributed by atoms with Crippen molar-refractivity contribution in [3.63, 3.8) is 0 Å². The van der Waals surface area contributed by atoms with Gasteiger partial charge >= 0.3 is 12.2 Å². The second-order valence-corrected chi connectivity index (χ2v) is 6.05. The molecule has 0 atom stereocenters. The molecule has 1 aromatic rings. The molecule has 0 spiro atoms. The minimum atomic E-state index is -4.37. The van der Waals surface area contributed by atoms with Crippen LogP contribution >= 0.6 is 0 Å². The van der Waals surface area contributed by atoms with E-state index in [0.29, 0.717) is 31.6 Å². The minimum Gasteiger partial charge on any atom is -0.388 e. The standard InChI is InChI=1S/C16H21F3N2O3/c1-21(11-15(23)6-8-24-9-7-15)14(22)20-10-12-2-4-13(5-3-12)16(17,18)19/h2-5,23H,6-11H2,1H3,(H,20,22). The average molecular weight is 346 g/mol. The fourth-order valence-electron chi connectivity index (χ4n) is 2.55. The molecule has 0 saturated carbocycles. The van der Waals surface area contributed by atoms with E-state index in [1.165, 1.54) is 17.0 Å². The van der Waals surface area contributed by atoms with E-state index in [9.17, 15) is 23.1 Å². The zero-order chi connectivity index (χ0) is 17.8. The number of benzene rings is 1. The van der Waals surface area contributed by atoms with Gasteiger partial charge in [0.15, 0.2) is 0 Å². The summed E-state index contributed by atoms with van der Waals surface area (Å²) in [5.41, 5.74) is -1.12. The summed E-state index contributed by atoms with van der Waals surface area (Å²) in [6.07, 6.45) is -3.45. The lowest BCUT2D eigenvalue weighted by atomic mass is 9.94. The summed E-state index contributed by atoms with van der Waals surface area (Å²) >= 11 is 0. The summed E-state index contributed by atoms with van der Waals surface area (Å²) < 4.78 is 42.7. The van der Waals surface area contributed by atoms with Gasteiger partial charge in [-0.05, 0) is 17.7 Å². The number of alkyl halides is 3. The number of amides is 2. The predicted molar refractivity (Wildman–Crippen MR) is 81.3 cm³/mol. The van der Waals surface area contributed by atoms with Gasteiger partial charge < -0.3 is 20.1 Å². The van der Waals surface area contributed by atoms with E-state index < -0.39 is 23.4 Å². The van der Waals surface area contributed by atoms with E-state index in [1.807, 2.05) is 0 Å². The highest BCUT2D eigenvalue weighted by atomic mass is 19.4. The maximum Gasteiger partial charge on any atom is 0.416 e. The summed E-state index contributed by atoms with van der Waals surface area (Å²) in [6, 6.07) is 4.23. The molecule has 2 rings (SSSR count). The Kier molecular flexibility index (Phi) is 5.71. The average Bonchev–Trinajstić information content (AvgIpc) is 2.52. The number of rotatable bonds is 4. The van der Waals surface area contributed by atoms with Gasteiger partial charge in [0.25, 0.3) is 0 Å². The van der Waals surface area contributed by atoms with Gasteiger partial charge in [-0.3, -0.25) is 0 Å². The second-order valence-electron chi connectivity index (χ2n) is 6.05. The number of carbonyl (C=O) groups excluding carboxylic acids is 1. The number of carbonyl (C=O) groups is 1. The molecule has 0 aliphatic carbocycles. The molecular weight excluding hydrogens is 325 g/mol. The number of hydrogen-bond acceptors (Lipinski definition) is 3. The SMILES string of the molecule is CN(CC1(O)CCOCC1)C(=O)NCc1ccc(C(F)(F)F)cc1. The zero-order valence-corrected chi connectivity index (χ0v) is 13.4. The first-order chi connectivity index (χ1) is 11.2. The van der Waals surface area contributed by atoms with Crippen molar-refractivity contribution < 1.29 is 27.8 Å². The highest BCUT2D eigenvalue weighted by molar-refractivity contribution is 5.73. The van der Waals surface area contributed by atoms with Crippen LogP contribution in [0.15, 0.2) is 24.3 Å². The molecule has 1 aliphatic heterocycles.